The Balaban J connectivity index is 1.56. The summed E-state index contributed by atoms with van der Waals surface area (Å²) in [7, 11) is 0. The van der Waals surface area contributed by atoms with E-state index in [9.17, 15) is 14.0 Å². The predicted octanol–water partition coefficient (Wildman–Crippen LogP) is 4.86. The van der Waals surface area contributed by atoms with Crippen molar-refractivity contribution in [2.45, 2.75) is 45.7 Å². The van der Waals surface area contributed by atoms with Crippen molar-refractivity contribution in [1.29, 1.82) is 0 Å². The van der Waals surface area contributed by atoms with Gasteiger partial charge in [0, 0.05) is 29.1 Å². The van der Waals surface area contributed by atoms with E-state index in [4.69, 9.17) is 11.6 Å². The third-order valence-electron chi connectivity index (χ3n) is 5.79. The molecule has 31 heavy (non-hydrogen) atoms. The molecule has 1 aliphatic rings. The van der Waals surface area contributed by atoms with Crippen LogP contribution in [0, 0.1) is 11.7 Å². The lowest BCUT2D eigenvalue weighted by atomic mass is 9.95. The van der Waals surface area contributed by atoms with Gasteiger partial charge in [0.25, 0.3) is 5.91 Å². The molecule has 166 valence electrons. The van der Waals surface area contributed by atoms with Crippen LogP contribution in [0.25, 0.3) is 0 Å². The normalized spacial score (nSPS) is 16.0. The zero-order valence-electron chi connectivity index (χ0n) is 18.0. The Labute approximate surface area is 188 Å². The topological polar surface area (TPSA) is 61.4 Å². The Kier molecular flexibility index (Phi) is 8.04. The van der Waals surface area contributed by atoms with E-state index >= 15 is 0 Å². The number of benzene rings is 2. The molecule has 3 rings (SSSR count). The van der Waals surface area contributed by atoms with Crippen molar-refractivity contribution in [3.8, 4) is 0 Å². The van der Waals surface area contributed by atoms with Crippen molar-refractivity contribution < 1.29 is 14.0 Å². The maximum absolute atomic E-state index is 14.0. The molecule has 1 aliphatic heterocycles. The summed E-state index contributed by atoms with van der Waals surface area (Å²) >= 11 is 5.82. The second-order valence-electron chi connectivity index (χ2n) is 8.10. The highest BCUT2D eigenvalue weighted by molar-refractivity contribution is 6.30. The molecule has 0 aliphatic carbocycles. The van der Waals surface area contributed by atoms with Crippen LogP contribution in [0.2, 0.25) is 5.02 Å². The fourth-order valence-corrected chi connectivity index (χ4v) is 3.83. The molecule has 1 heterocycles. The number of hydrogen-bond acceptors (Lipinski definition) is 3. The van der Waals surface area contributed by atoms with E-state index in [1.54, 1.807) is 36.4 Å². The Bertz CT molecular complexity index is 929. The van der Waals surface area contributed by atoms with Gasteiger partial charge in [-0.15, -0.1) is 0 Å². The fourth-order valence-electron chi connectivity index (χ4n) is 3.67. The zero-order chi connectivity index (χ0) is 22.4. The van der Waals surface area contributed by atoms with Gasteiger partial charge in [-0.25, -0.2) is 4.39 Å². The minimum absolute atomic E-state index is 0.0612. The first-order chi connectivity index (χ1) is 14.9. The summed E-state index contributed by atoms with van der Waals surface area (Å²) in [6, 6.07) is 11.8. The SMILES string of the molecule is CC[C@H](C)NC(=O)c1ccccc1NC(=O)C1CCN(Cc2ccc(Cl)cc2F)CC1. The number of amides is 2. The van der Waals surface area contributed by atoms with Crippen molar-refractivity contribution in [1.82, 2.24) is 10.2 Å². The fraction of sp³-hybridized carbons (Fsp3) is 0.417. The Morgan fingerprint density at radius 3 is 2.58 bits per heavy atom. The molecule has 7 heteroatoms. The molecule has 1 fully saturated rings. The van der Waals surface area contributed by atoms with Crippen LogP contribution in [-0.2, 0) is 11.3 Å². The first kappa shape index (κ1) is 23.2. The molecule has 0 bridgehead atoms. The number of halogens is 2. The molecule has 1 saturated heterocycles. The minimum Gasteiger partial charge on any atom is -0.350 e. The first-order valence-corrected chi connectivity index (χ1v) is 11.1. The predicted molar refractivity (Wildman–Crippen MR) is 122 cm³/mol. The zero-order valence-corrected chi connectivity index (χ0v) is 18.7. The van der Waals surface area contributed by atoms with Gasteiger partial charge in [-0.05, 0) is 63.5 Å². The van der Waals surface area contributed by atoms with Crippen molar-refractivity contribution in [2.24, 2.45) is 5.92 Å². The van der Waals surface area contributed by atoms with Gasteiger partial charge in [-0.3, -0.25) is 14.5 Å². The lowest BCUT2D eigenvalue weighted by molar-refractivity contribution is -0.121. The van der Waals surface area contributed by atoms with Gasteiger partial charge in [0.2, 0.25) is 5.91 Å². The van der Waals surface area contributed by atoms with E-state index < -0.39 is 0 Å². The maximum Gasteiger partial charge on any atom is 0.253 e. The van der Waals surface area contributed by atoms with Crippen LogP contribution < -0.4 is 10.6 Å². The molecule has 0 spiro atoms. The number of carbonyl (C=O) groups is 2. The van der Waals surface area contributed by atoms with Gasteiger partial charge < -0.3 is 10.6 Å². The second-order valence-corrected chi connectivity index (χ2v) is 8.54. The molecule has 2 aromatic carbocycles. The quantitative estimate of drug-likeness (QED) is 0.639. The summed E-state index contributed by atoms with van der Waals surface area (Å²) in [6.07, 6.45) is 2.20. The number of likely N-dealkylation sites (tertiary alicyclic amines) is 1. The molecule has 2 aromatic rings. The number of nitrogens with one attached hydrogen (secondary N) is 2. The second kappa shape index (κ2) is 10.7. The van der Waals surface area contributed by atoms with E-state index in [1.807, 2.05) is 13.8 Å². The van der Waals surface area contributed by atoms with E-state index in [0.29, 0.717) is 54.3 Å². The molecule has 0 saturated carbocycles. The van der Waals surface area contributed by atoms with Gasteiger partial charge in [-0.1, -0.05) is 36.7 Å². The monoisotopic (exact) mass is 445 g/mol. The number of nitrogens with zero attached hydrogens (tertiary/aromatic N) is 1. The summed E-state index contributed by atoms with van der Waals surface area (Å²) < 4.78 is 14.0. The van der Waals surface area contributed by atoms with Crippen molar-refractivity contribution >= 4 is 29.1 Å². The van der Waals surface area contributed by atoms with Gasteiger partial charge in [-0.2, -0.15) is 0 Å². The van der Waals surface area contributed by atoms with Crippen molar-refractivity contribution in [2.75, 3.05) is 18.4 Å². The molecule has 2 amide bonds. The highest BCUT2D eigenvalue weighted by atomic mass is 35.5. The first-order valence-electron chi connectivity index (χ1n) is 10.7. The summed E-state index contributed by atoms with van der Waals surface area (Å²) in [5.74, 6) is -0.720. The number of para-hydroxylation sites is 1. The average Bonchev–Trinajstić information content (AvgIpc) is 2.76. The van der Waals surface area contributed by atoms with Crippen LogP contribution in [-0.4, -0.2) is 35.8 Å². The highest BCUT2D eigenvalue weighted by Crippen LogP contribution is 2.24. The van der Waals surface area contributed by atoms with Crippen LogP contribution in [0.15, 0.2) is 42.5 Å². The summed E-state index contributed by atoms with van der Waals surface area (Å²) in [5.41, 5.74) is 1.60. The maximum atomic E-state index is 14.0. The molecule has 1 atom stereocenters. The van der Waals surface area contributed by atoms with Crippen molar-refractivity contribution in [3.05, 3.63) is 64.4 Å². The Hall–Kier alpha value is -2.44. The molecule has 5 nitrogen and oxygen atoms in total. The smallest absolute Gasteiger partial charge is 0.253 e. The van der Waals surface area contributed by atoms with Gasteiger partial charge in [0.15, 0.2) is 0 Å². The van der Waals surface area contributed by atoms with Gasteiger partial charge in [0.1, 0.15) is 5.82 Å². The van der Waals surface area contributed by atoms with Gasteiger partial charge >= 0.3 is 0 Å². The number of carbonyl (C=O) groups excluding carboxylic acids is 2. The highest BCUT2D eigenvalue weighted by Gasteiger charge is 2.26. The Morgan fingerprint density at radius 2 is 1.90 bits per heavy atom. The summed E-state index contributed by atoms with van der Waals surface area (Å²) in [5, 5.41) is 6.26. The van der Waals surface area contributed by atoms with Crippen LogP contribution in [0.4, 0.5) is 10.1 Å². The van der Waals surface area contributed by atoms with Crippen LogP contribution in [0.3, 0.4) is 0 Å². The van der Waals surface area contributed by atoms with Crippen molar-refractivity contribution in [3.63, 3.8) is 0 Å². The molecule has 0 radical (unpaired) electrons. The number of anilines is 1. The van der Waals surface area contributed by atoms with E-state index in [-0.39, 0.29) is 29.6 Å². The third-order valence-corrected chi connectivity index (χ3v) is 6.02. The van der Waals surface area contributed by atoms with E-state index in [2.05, 4.69) is 15.5 Å². The summed E-state index contributed by atoms with van der Waals surface area (Å²) in [4.78, 5) is 27.5. The third kappa shape index (κ3) is 6.28. The minimum atomic E-state index is -0.306. The largest absolute Gasteiger partial charge is 0.350 e. The van der Waals surface area contributed by atoms with Crippen LogP contribution in [0.5, 0.6) is 0 Å². The number of hydrogen-bond donors (Lipinski definition) is 2. The number of rotatable bonds is 7. The molecule has 2 N–H and O–H groups in total. The lowest BCUT2D eigenvalue weighted by Gasteiger charge is -2.31. The van der Waals surface area contributed by atoms with Crippen LogP contribution >= 0.6 is 11.6 Å². The summed E-state index contributed by atoms with van der Waals surface area (Å²) in [6.45, 7) is 5.86. The lowest BCUT2D eigenvalue weighted by Crippen LogP contribution is -2.38. The molecule has 0 aromatic heterocycles. The molecule has 0 unspecified atom stereocenters. The standard InChI is InChI=1S/C24H29ClFN3O2/c1-3-16(2)27-24(31)20-6-4-5-7-22(20)28-23(30)17-10-12-29(13-11-17)15-18-8-9-19(25)14-21(18)26/h4-9,14,16-17H,3,10-13,15H2,1-2H3,(H,27,31)(H,28,30)/t16-/m0/s1. The van der Waals surface area contributed by atoms with E-state index in [0.717, 1.165) is 6.42 Å². The van der Waals surface area contributed by atoms with Gasteiger partial charge in [0.05, 0.1) is 11.3 Å². The average molecular weight is 446 g/mol. The van der Waals surface area contributed by atoms with Crippen LogP contribution in [0.1, 0.15) is 49.0 Å². The van der Waals surface area contributed by atoms with E-state index in [1.165, 1.54) is 6.07 Å². The molecular formula is C24H29ClFN3O2. The Morgan fingerprint density at radius 1 is 1.19 bits per heavy atom. The molecular weight excluding hydrogens is 417 g/mol. The number of piperidine rings is 1.